The molecule has 147 heavy (non-hydrogen) atoms. The molecule has 11 N–H and O–H groups in total. The Morgan fingerprint density at radius 2 is 0.796 bits per heavy atom. The average molecular weight is 2080 g/mol. The monoisotopic (exact) mass is 2080 g/mol. The summed E-state index contributed by atoms with van der Waals surface area (Å²) < 4.78 is 138. The summed E-state index contributed by atoms with van der Waals surface area (Å²) in [6.07, 6.45) is 2.07. The van der Waals surface area contributed by atoms with Crippen LogP contribution in [0.3, 0.4) is 0 Å². The quantitative estimate of drug-likeness (QED) is 0.0386. The molecule has 6 aliphatic rings. The number of fused-ring (bicyclic) bond motifs is 5. The van der Waals surface area contributed by atoms with E-state index in [1.54, 1.807) is 117 Å². The summed E-state index contributed by atoms with van der Waals surface area (Å²) in [6.45, 7) is 14.7. The van der Waals surface area contributed by atoms with E-state index < -0.39 is 77.7 Å². The fraction of sp³-hybridized carbons (Fsp3) is 0.375. The molecule has 770 valence electrons. The molecule has 10 aromatic heterocycles. The lowest BCUT2D eigenvalue weighted by Gasteiger charge is -2.37. The van der Waals surface area contributed by atoms with Crippen LogP contribution in [0.25, 0.3) is 109 Å². The molecule has 6 fully saturated rings. The van der Waals surface area contributed by atoms with Crippen molar-refractivity contribution in [3.63, 3.8) is 0 Å². The largest absolute Gasteiger partial charge is 0.415 e. The Labute approximate surface area is 851 Å². The van der Waals surface area contributed by atoms with Gasteiger partial charge in [0.15, 0.2) is 12.2 Å². The van der Waals surface area contributed by atoms with E-state index in [0.717, 1.165) is 176 Å². The van der Waals surface area contributed by atoms with Gasteiger partial charge in [-0.15, -0.1) is 23.1 Å². The van der Waals surface area contributed by atoms with E-state index in [0.29, 0.717) is 79.2 Å². The fourth-order valence-electron chi connectivity index (χ4n) is 19.5. The molecule has 6 atom stereocenters. The number of hydrogen-bond donors (Lipinski definition) is 6. The first-order valence-electron chi connectivity index (χ1n) is 47.8. The first-order chi connectivity index (χ1) is 69.9. The van der Waals surface area contributed by atoms with Crippen molar-refractivity contribution in [2.45, 2.75) is 153 Å². The van der Waals surface area contributed by atoms with E-state index in [2.05, 4.69) is 83.6 Å². The van der Waals surface area contributed by atoms with Gasteiger partial charge in [-0.3, -0.25) is 62.5 Å². The van der Waals surface area contributed by atoms with Crippen molar-refractivity contribution in [2.75, 3.05) is 71.2 Å². The van der Waals surface area contributed by atoms with Crippen LogP contribution >= 0.6 is 34.6 Å². The normalized spacial score (nSPS) is 19.1. The highest BCUT2D eigenvalue weighted by atomic mass is 32.2. The van der Waals surface area contributed by atoms with Gasteiger partial charge < -0.3 is 43.2 Å². The molecule has 1 aliphatic carbocycles. The van der Waals surface area contributed by atoms with Crippen molar-refractivity contribution in [3.8, 4) is 54.4 Å². The molecule has 5 aliphatic heterocycles. The standard InChI is InChI=1S/C22H25N5O.2C21H21F3N4O2S.C20H20F3N5OS.C20H23N5O2/c1-26-13-16(11-24-26)18-10-20(21(23)28)25-19-9-15(3-4-17(18)19)12-27-8-2-5-22(14-27)6-7-22;1-11-8-28(10-18(30-11)21(22,23)24)9-13-3-4-14-15(20-26-7-12(2)31-20)6-17(19(25)29)27-16(14)5-13;1-11-5-18(31-27-11)15-7-17(20(25)29)26-16-6-13(3-4-14(15)16)9-28-8-12(2)30-19(10-28)21(22,23)24;1-27-10-13(8-25-27)15-7-17(19(24)29)26-16-6-12(2-3-14(15)16)9-28-4-5-30-18(11-28)20(21,22)23;1-24-11-14(9-22-24)17-8-19(20(21)27)23-18-7-13(4-5-16(17)18)10-25-6-2-3-15(26)12-25/h3-4,9-11,13H,2,5-8,12,14H2,1H3,(H2,23,28);3-7,11,18H,8-10H2,1-2H3,(H2,25,29);3-7,12,19H,8-10H2,1-2H3,(H2,25,29);2-3,6-8,10,18H,4-5,9,11H2,1H3,(H2,24,29);4-5,7-9,11,15,26H,2-3,6,10,12H2,1H3,(H2,21,27)/t;11-,18-;12-,19-;;15-/m.11.1/s1. The number of ether oxygens (including phenoxy) is 2. The number of benzene rings is 5. The molecular formula is C104H110F9N23O8S3. The van der Waals surface area contributed by atoms with Crippen LogP contribution in [0.15, 0.2) is 171 Å². The van der Waals surface area contributed by atoms with E-state index in [9.17, 15) is 68.6 Å². The zero-order valence-electron chi connectivity index (χ0n) is 81.6. The Kier molecular flexibility index (Phi) is 31.5. The predicted octanol–water partition coefficient (Wildman–Crippen LogP) is 15.8. The van der Waals surface area contributed by atoms with Crippen molar-refractivity contribution in [1.82, 2.24) is 88.1 Å². The summed E-state index contributed by atoms with van der Waals surface area (Å²) in [7, 11) is 5.53. The molecule has 15 heterocycles. The highest BCUT2D eigenvalue weighted by molar-refractivity contribution is 8.00. The van der Waals surface area contributed by atoms with Crippen LogP contribution in [0.1, 0.15) is 143 Å². The highest BCUT2D eigenvalue weighted by Gasteiger charge is 2.48. The van der Waals surface area contributed by atoms with Gasteiger partial charge in [0.2, 0.25) is 0 Å². The number of pyridine rings is 5. The number of halogens is 9. The van der Waals surface area contributed by atoms with Gasteiger partial charge in [0.05, 0.1) is 75.1 Å². The highest BCUT2D eigenvalue weighted by Crippen LogP contribution is 2.52. The molecule has 1 saturated carbocycles. The number of nitrogens with zero attached hydrogens (tertiary/aromatic N) is 18. The Morgan fingerprint density at radius 1 is 0.429 bits per heavy atom. The second-order valence-corrected chi connectivity index (χ2v) is 41.8. The molecule has 43 heteroatoms. The Hall–Kier alpha value is -13.2. The van der Waals surface area contributed by atoms with Crippen molar-refractivity contribution in [2.24, 2.45) is 55.2 Å². The molecular weight excluding hydrogens is 1970 g/mol. The number of carbonyl (C=O) groups excluding carboxylic acids is 5. The number of aryl methyl sites for hydroxylation is 5. The summed E-state index contributed by atoms with van der Waals surface area (Å²) in [5.41, 5.74) is 44.7. The number of thioether (sulfide) groups is 1. The minimum absolute atomic E-state index is 0.0398. The minimum atomic E-state index is -4.41. The van der Waals surface area contributed by atoms with Gasteiger partial charge >= 0.3 is 18.5 Å². The molecule has 15 aromatic rings. The van der Waals surface area contributed by atoms with E-state index in [4.69, 9.17) is 38.1 Å². The average Bonchev–Trinajstić information content (AvgIpc) is 1.78. The van der Waals surface area contributed by atoms with Gasteiger partial charge in [-0.25, -0.2) is 29.9 Å². The smallest absolute Gasteiger partial charge is 0.392 e. The number of nitrogens with two attached hydrogens (primary N) is 5. The third-order valence-electron chi connectivity index (χ3n) is 26.6. The molecule has 0 radical (unpaired) electrons. The lowest BCUT2D eigenvalue weighted by Crippen LogP contribution is -2.51. The maximum Gasteiger partial charge on any atom is 0.415 e. The van der Waals surface area contributed by atoms with Crippen LogP contribution in [0, 0.1) is 19.3 Å². The zero-order valence-corrected chi connectivity index (χ0v) is 84.0. The number of amides is 5. The van der Waals surface area contributed by atoms with Crippen molar-refractivity contribution in [3.05, 3.63) is 238 Å². The molecule has 5 saturated heterocycles. The summed E-state index contributed by atoms with van der Waals surface area (Å²) in [4.78, 5) is 97.5. The second kappa shape index (κ2) is 44.1. The summed E-state index contributed by atoms with van der Waals surface area (Å²) >= 11 is 3.76. The number of aliphatic hydroxyl groups excluding tert-OH is 1. The van der Waals surface area contributed by atoms with E-state index in [1.165, 1.54) is 60.7 Å². The summed E-state index contributed by atoms with van der Waals surface area (Å²) in [6, 6.07) is 39.5. The fourth-order valence-corrected chi connectivity index (χ4v) is 22.2. The van der Waals surface area contributed by atoms with Crippen molar-refractivity contribution in [1.29, 1.82) is 0 Å². The Balaban J connectivity index is 0.000000126. The molecule has 5 aromatic carbocycles. The number of alkyl halides is 9. The zero-order chi connectivity index (χ0) is 104. The van der Waals surface area contributed by atoms with Crippen molar-refractivity contribution >= 4 is 119 Å². The topological polar surface area (TPSA) is 414 Å². The SMILES string of the molecule is Cc1cc(-c2cc(C(N)=O)nc3cc(CN4C[C@@H](C)O[C@@H](C(F)(F)F)C4)ccc23)sn1.Cc1cnc(-c2cc(C(N)=O)nc3cc(CN4C[C@@H](C)O[C@@H](C(F)(F)F)C4)ccc23)s1.Cn1cc(-c2cc(C(N)=O)nc3cc(CN4CCCC5(CC5)C4)ccc23)cn1.Cn1cc(-c2cc(C(N)=O)nc3cc(CN4CCC[C@@H](O)C4)ccc23)cn1.Cn1cc(-c2cc(C(N)=O)nc3cc(CN4CCSC(C(F)(F)F)C4)ccc23)cn1. The van der Waals surface area contributed by atoms with Crippen molar-refractivity contribution < 1.29 is 78.1 Å². The van der Waals surface area contributed by atoms with Gasteiger partial charge in [-0.2, -0.15) is 59.2 Å². The number of primary amides is 5. The number of hydrogen-bond acceptors (Lipinski definition) is 26. The second-order valence-electron chi connectivity index (χ2n) is 38.5. The predicted molar refractivity (Wildman–Crippen MR) is 545 cm³/mol. The lowest BCUT2D eigenvalue weighted by molar-refractivity contribution is -0.252. The maximum atomic E-state index is 13.2. The Bertz CT molecular complexity index is 7260. The molecule has 0 bridgehead atoms. The first kappa shape index (κ1) is 105. The molecule has 31 nitrogen and oxygen atoms in total. The van der Waals surface area contributed by atoms with E-state index in [1.807, 2.05) is 107 Å². The minimum Gasteiger partial charge on any atom is -0.392 e. The Morgan fingerprint density at radius 3 is 1.14 bits per heavy atom. The third-order valence-corrected chi connectivity index (χ3v) is 29.6. The third kappa shape index (κ3) is 26.0. The van der Waals surface area contributed by atoms with Gasteiger partial charge in [-0.05, 0) is 207 Å². The van der Waals surface area contributed by atoms with Crippen LogP contribution in [0.4, 0.5) is 39.5 Å². The number of likely N-dealkylation sites (tertiary alicyclic amines) is 2. The number of aliphatic hydroxyl groups is 1. The number of aromatic nitrogens is 13. The van der Waals surface area contributed by atoms with Crippen LogP contribution in [0.5, 0.6) is 0 Å². The van der Waals surface area contributed by atoms with Gasteiger partial charge in [0, 0.05) is 196 Å². The van der Waals surface area contributed by atoms with Gasteiger partial charge in [0.1, 0.15) is 38.7 Å². The number of rotatable bonds is 20. The van der Waals surface area contributed by atoms with E-state index in [-0.39, 0.29) is 48.5 Å². The van der Waals surface area contributed by atoms with Crippen LogP contribution < -0.4 is 28.7 Å². The van der Waals surface area contributed by atoms with Gasteiger partial charge in [0.25, 0.3) is 29.5 Å². The number of piperidine rings is 2. The molecule has 1 spiro atoms. The van der Waals surface area contributed by atoms with E-state index >= 15 is 0 Å². The maximum absolute atomic E-state index is 13.2. The molecule has 21 rings (SSSR count). The summed E-state index contributed by atoms with van der Waals surface area (Å²) in [5.74, 6) is -2.57. The number of thiazole rings is 1. The number of carbonyl (C=O) groups is 5. The molecule has 5 amide bonds. The number of β-amino-alcohol motifs (C(OH)–C–C–N with tert-alkyl or cyclic N) is 1. The number of morpholine rings is 2. The lowest BCUT2D eigenvalue weighted by atomic mass is 9.94. The van der Waals surface area contributed by atoms with Gasteiger partial charge in [-0.1, -0.05) is 60.7 Å². The summed E-state index contributed by atoms with van der Waals surface area (Å²) in [5, 5.41) is 26.3. The molecule has 1 unspecified atom stereocenters. The first-order valence-corrected chi connectivity index (χ1v) is 50.5. The van der Waals surface area contributed by atoms with Crippen LogP contribution in [0.2, 0.25) is 0 Å². The van der Waals surface area contributed by atoms with Crippen LogP contribution in [-0.4, -0.2) is 248 Å². The van der Waals surface area contributed by atoms with Crippen LogP contribution in [-0.2, 0) is 63.3 Å².